The van der Waals surface area contributed by atoms with Crippen LogP contribution in [0.1, 0.15) is 31.4 Å². The van der Waals surface area contributed by atoms with Gasteiger partial charge in [-0.1, -0.05) is 25.1 Å². The molecular weight excluding hydrogens is 248 g/mol. The Morgan fingerprint density at radius 2 is 2.11 bits per heavy atom. The molecule has 0 aliphatic heterocycles. The molecule has 0 spiro atoms. The Kier molecular flexibility index (Phi) is 4.83. The average molecular weight is 266 g/mol. The summed E-state index contributed by atoms with van der Waals surface area (Å²) in [7, 11) is 0. The number of ether oxygens (including phenoxy) is 1. The van der Waals surface area contributed by atoms with Crippen LogP contribution in [-0.4, -0.2) is 34.2 Å². The molecule has 5 nitrogen and oxygen atoms in total. The van der Waals surface area contributed by atoms with Gasteiger partial charge in [-0.3, -0.25) is 0 Å². The Morgan fingerprint density at radius 1 is 1.39 bits per heavy atom. The first kappa shape index (κ1) is 13.2. The summed E-state index contributed by atoms with van der Waals surface area (Å²) in [5.74, 6) is 0.625. The van der Waals surface area contributed by atoms with Crippen LogP contribution in [0.15, 0.2) is 12.4 Å². The van der Waals surface area contributed by atoms with Gasteiger partial charge in [-0.05, 0) is 12.8 Å². The standard InChI is InChI=1S/C12H18N4OS/c13-11(18)10-12(15-6-5-14-10)16-7-8-17-9-3-1-2-4-9/h5-6,9H,1-4,7-8H2,(H2,13,18)(H,15,16). The maximum Gasteiger partial charge on any atom is 0.155 e. The van der Waals surface area contributed by atoms with Crippen LogP contribution in [0.4, 0.5) is 5.82 Å². The minimum absolute atomic E-state index is 0.252. The number of rotatable bonds is 6. The molecule has 0 radical (unpaired) electrons. The minimum Gasteiger partial charge on any atom is -0.388 e. The molecule has 1 aromatic heterocycles. The van der Waals surface area contributed by atoms with Gasteiger partial charge < -0.3 is 15.8 Å². The number of hydrogen-bond donors (Lipinski definition) is 2. The SMILES string of the molecule is NC(=S)c1nccnc1NCCOC1CCCC1. The van der Waals surface area contributed by atoms with Gasteiger partial charge in [0.1, 0.15) is 10.7 Å². The van der Waals surface area contributed by atoms with Gasteiger partial charge in [-0.2, -0.15) is 0 Å². The highest BCUT2D eigenvalue weighted by Gasteiger charge is 2.14. The summed E-state index contributed by atoms with van der Waals surface area (Å²) in [6.45, 7) is 1.35. The van der Waals surface area contributed by atoms with Gasteiger partial charge in [0, 0.05) is 18.9 Å². The third-order valence-electron chi connectivity index (χ3n) is 2.98. The van der Waals surface area contributed by atoms with Crippen LogP contribution in [0.2, 0.25) is 0 Å². The first-order valence-corrected chi connectivity index (χ1v) is 6.64. The zero-order chi connectivity index (χ0) is 12.8. The molecule has 0 atom stereocenters. The maximum absolute atomic E-state index is 5.75. The fraction of sp³-hybridized carbons (Fsp3) is 0.583. The van der Waals surface area contributed by atoms with Crippen LogP contribution in [0, 0.1) is 0 Å². The fourth-order valence-electron chi connectivity index (χ4n) is 2.10. The lowest BCUT2D eigenvalue weighted by atomic mass is 10.3. The number of aromatic nitrogens is 2. The van der Waals surface area contributed by atoms with Crippen molar-refractivity contribution in [1.82, 2.24) is 9.97 Å². The van der Waals surface area contributed by atoms with Crippen molar-refractivity contribution < 1.29 is 4.74 Å². The lowest BCUT2D eigenvalue weighted by Gasteiger charge is -2.12. The van der Waals surface area contributed by atoms with Crippen molar-refractivity contribution in [2.45, 2.75) is 31.8 Å². The summed E-state index contributed by atoms with van der Waals surface area (Å²) in [6.07, 6.45) is 8.56. The third-order valence-corrected chi connectivity index (χ3v) is 3.18. The molecule has 0 amide bonds. The van der Waals surface area contributed by atoms with Crippen molar-refractivity contribution in [2.24, 2.45) is 5.73 Å². The van der Waals surface area contributed by atoms with Crippen LogP contribution in [0.25, 0.3) is 0 Å². The number of thiocarbonyl (C=S) groups is 1. The van der Waals surface area contributed by atoms with Crippen molar-refractivity contribution in [1.29, 1.82) is 0 Å². The molecule has 0 aromatic carbocycles. The van der Waals surface area contributed by atoms with Gasteiger partial charge in [0.05, 0.1) is 12.7 Å². The van der Waals surface area contributed by atoms with E-state index in [1.165, 1.54) is 25.7 Å². The van der Waals surface area contributed by atoms with Crippen LogP contribution in [-0.2, 0) is 4.74 Å². The van der Waals surface area contributed by atoms with E-state index in [0.29, 0.717) is 30.8 Å². The Bertz CT molecular complexity index is 407. The second kappa shape index (κ2) is 6.61. The molecule has 0 bridgehead atoms. The monoisotopic (exact) mass is 266 g/mol. The quantitative estimate of drug-likeness (QED) is 0.600. The smallest absolute Gasteiger partial charge is 0.155 e. The zero-order valence-electron chi connectivity index (χ0n) is 10.3. The number of nitrogens with two attached hydrogens (primary N) is 1. The number of hydrogen-bond acceptors (Lipinski definition) is 5. The lowest BCUT2D eigenvalue weighted by Crippen LogP contribution is -2.20. The van der Waals surface area contributed by atoms with Crippen molar-refractivity contribution in [3.05, 3.63) is 18.1 Å². The molecule has 6 heteroatoms. The maximum atomic E-state index is 5.75. The first-order chi connectivity index (χ1) is 8.77. The molecule has 1 heterocycles. The van der Waals surface area contributed by atoms with E-state index in [1.54, 1.807) is 12.4 Å². The summed E-state index contributed by atoms with van der Waals surface area (Å²) < 4.78 is 5.75. The highest BCUT2D eigenvalue weighted by atomic mass is 32.1. The second-order valence-corrected chi connectivity index (χ2v) is 4.76. The normalized spacial score (nSPS) is 15.8. The van der Waals surface area contributed by atoms with E-state index < -0.39 is 0 Å². The molecule has 3 N–H and O–H groups in total. The van der Waals surface area contributed by atoms with Crippen molar-refractivity contribution >= 4 is 23.0 Å². The number of anilines is 1. The van der Waals surface area contributed by atoms with Crippen LogP contribution >= 0.6 is 12.2 Å². The van der Waals surface area contributed by atoms with Gasteiger partial charge in [0.2, 0.25) is 0 Å². The summed E-state index contributed by atoms with van der Waals surface area (Å²) in [6, 6.07) is 0. The Morgan fingerprint density at radius 3 is 2.83 bits per heavy atom. The Balaban J connectivity index is 1.77. The van der Waals surface area contributed by atoms with Crippen molar-refractivity contribution in [2.75, 3.05) is 18.5 Å². The highest BCUT2D eigenvalue weighted by Crippen LogP contribution is 2.20. The van der Waals surface area contributed by atoms with E-state index in [0.717, 1.165) is 0 Å². The molecular formula is C12H18N4OS. The van der Waals surface area contributed by atoms with E-state index in [2.05, 4.69) is 15.3 Å². The molecule has 0 unspecified atom stereocenters. The fourth-order valence-corrected chi connectivity index (χ4v) is 2.25. The summed E-state index contributed by atoms with van der Waals surface area (Å²) in [4.78, 5) is 8.53. The zero-order valence-corrected chi connectivity index (χ0v) is 11.1. The lowest BCUT2D eigenvalue weighted by molar-refractivity contribution is 0.0658. The highest BCUT2D eigenvalue weighted by molar-refractivity contribution is 7.80. The van der Waals surface area contributed by atoms with E-state index in [1.807, 2.05) is 0 Å². The topological polar surface area (TPSA) is 73.1 Å². The van der Waals surface area contributed by atoms with E-state index in [4.69, 9.17) is 22.7 Å². The molecule has 98 valence electrons. The van der Waals surface area contributed by atoms with E-state index >= 15 is 0 Å². The second-order valence-electron chi connectivity index (χ2n) is 4.32. The van der Waals surface area contributed by atoms with Gasteiger partial charge >= 0.3 is 0 Å². The molecule has 18 heavy (non-hydrogen) atoms. The molecule has 1 aliphatic rings. The molecule has 1 aliphatic carbocycles. The van der Waals surface area contributed by atoms with Crippen molar-refractivity contribution in [3.8, 4) is 0 Å². The van der Waals surface area contributed by atoms with E-state index in [9.17, 15) is 0 Å². The average Bonchev–Trinajstić information content (AvgIpc) is 2.88. The van der Waals surface area contributed by atoms with Crippen LogP contribution < -0.4 is 11.1 Å². The first-order valence-electron chi connectivity index (χ1n) is 6.23. The largest absolute Gasteiger partial charge is 0.388 e. The van der Waals surface area contributed by atoms with Gasteiger partial charge in [-0.25, -0.2) is 9.97 Å². The molecule has 0 saturated heterocycles. The van der Waals surface area contributed by atoms with Crippen molar-refractivity contribution in [3.63, 3.8) is 0 Å². The van der Waals surface area contributed by atoms with E-state index in [-0.39, 0.29) is 4.99 Å². The number of nitrogens with zero attached hydrogens (tertiary/aromatic N) is 2. The van der Waals surface area contributed by atoms with Crippen LogP contribution in [0.5, 0.6) is 0 Å². The third kappa shape index (κ3) is 3.61. The molecule has 1 fully saturated rings. The summed E-state index contributed by atoms with van der Waals surface area (Å²) in [5.41, 5.74) is 6.11. The Labute approximate surface area is 112 Å². The minimum atomic E-state index is 0.252. The predicted octanol–water partition coefficient (Wildman–Crippen LogP) is 1.48. The van der Waals surface area contributed by atoms with Crippen LogP contribution in [0.3, 0.4) is 0 Å². The number of nitrogens with one attached hydrogen (secondary N) is 1. The Hall–Kier alpha value is -1.27. The summed E-state index contributed by atoms with van der Waals surface area (Å²) >= 11 is 4.92. The van der Waals surface area contributed by atoms with Gasteiger partial charge in [0.15, 0.2) is 5.82 Å². The molecule has 1 saturated carbocycles. The molecule has 1 aromatic rings. The van der Waals surface area contributed by atoms with Gasteiger partial charge in [0.25, 0.3) is 0 Å². The molecule has 2 rings (SSSR count). The predicted molar refractivity (Wildman–Crippen MR) is 74.6 cm³/mol. The van der Waals surface area contributed by atoms with Gasteiger partial charge in [-0.15, -0.1) is 0 Å². The summed E-state index contributed by atoms with van der Waals surface area (Å²) in [5, 5.41) is 3.15.